The summed E-state index contributed by atoms with van der Waals surface area (Å²) in [4.78, 5) is 29.0. The first-order valence-electron chi connectivity index (χ1n) is 10.9. The average molecular weight is 405 g/mol. The molecule has 3 N–H and O–H groups in total. The molecule has 2 aliphatic rings. The van der Waals surface area contributed by atoms with Gasteiger partial charge in [0.2, 0.25) is 0 Å². The predicted molar refractivity (Wildman–Crippen MR) is 116 cm³/mol. The van der Waals surface area contributed by atoms with Crippen LogP contribution in [0, 0.1) is 0 Å². The molecule has 30 heavy (non-hydrogen) atoms. The molecule has 1 aliphatic carbocycles. The van der Waals surface area contributed by atoms with Crippen molar-refractivity contribution in [1.29, 1.82) is 0 Å². The highest BCUT2D eigenvalue weighted by Gasteiger charge is 2.34. The van der Waals surface area contributed by atoms with Gasteiger partial charge in [0.25, 0.3) is 0 Å². The number of nitrogens with one attached hydrogen (secondary N) is 1. The minimum atomic E-state index is -0.318. The molecule has 0 saturated carbocycles. The molecule has 2 amide bonds. The molecule has 0 radical (unpaired) electrons. The SMILES string of the molecule is NC(=O)N1CCC(N(Cc2nc3ccccc3[nH]2)C2CCCc3cccnc32)CC1. The van der Waals surface area contributed by atoms with Gasteiger partial charge in [0, 0.05) is 25.3 Å². The van der Waals surface area contributed by atoms with Gasteiger partial charge in [-0.25, -0.2) is 9.78 Å². The predicted octanol–water partition coefficient (Wildman–Crippen LogP) is 3.38. The first kappa shape index (κ1) is 19.1. The second kappa shape index (κ2) is 8.07. The fourth-order valence-corrected chi connectivity index (χ4v) is 5.07. The van der Waals surface area contributed by atoms with Gasteiger partial charge in [-0.2, -0.15) is 0 Å². The molecule has 1 fully saturated rings. The molecular weight excluding hydrogens is 376 g/mol. The quantitative estimate of drug-likeness (QED) is 0.697. The molecule has 1 aliphatic heterocycles. The number of carbonyl (C=O) groups excluding carboxylic acids is 1. The lowest BCUT2D eigenvalue weighted by Crippen LogP contribution is -2.49. The van der Waals surface area contributed by atoms with Crippen molar-refractivity contribution in [2.45, 2.75) is 50.7 Å². The van der Waals surface area contributed by atoms with Gasteiger partial charge in [-0.05, 0) is 55.9 Å². The van der Waals surface area contributed by atoms with E-state index in [-0.39, 0.29) is 12.1 Å². The molecule has 7 heteroatoms. The largest absolute Gasteiger partial charge is 0.351 e. The number of aromatic nitrogens is 3. The Hall–Kier alpha value is -2.93. The number of primary amides is 1. The van der Waals surface area contributed by atoms with Gasteiger partial charge in [-0.15, -0.1) is 0 Å². The van der Waals surface area contributed by atoms with Crippen LogP contribution in [0.15, 0.2) is 42.6 Å². The smallest absolute Gasteiger partial charge is 0.314 e. The number of fused-ring (bicyclic) bond motifs is 2. The molecule has 156 valence electrons. The molecule has 5 rings (SSSR count). The number of rotatable bonds is 4. The number of H-pyrrole nitrogens is 1. The highest BCUT2D eigenvalue weighted by atomic mass is 16.2. The van der Waals surface area contributed by atoms with Crippen LogP contribution in [0.25, 0.3) is 11.0 Å². The minimum Gasteiger partial charge on any atom is -0.351 e. The molecule has 0 spiro atoms. The number of likely N-dealkylation sites (tertiary alicyclic amines) is 1. The number of amides is 2. The zero-order valence-corrected chi connectivity index (χ0v) is 17.1. The van der Waals surface area contributed by atoms with Crippen molar-refractivity contribution in [3.63, 3.8) is 0 Å². The maximum absolute atomic E-state index is 11.6. The third kappa shape index (κ3) is 3.65. The number of nitrogens with zero attached hydrogens (tertiary/aromatic N) is 4. The Morgan fingerprint density at radius 2 is 2.00 bits per heavy atom. The number of carbonyl (C=O) groups is 1. The van der Waals surface area contributed by atoms with E-state index >= 15 is 0 Å². The van der Waals surface area contributed by atoms with Crippen LogP contribution in [0.5, 0.6) is 0 Å². The summed E-state index contributed by atoms with van der Waals surface area (Å²) in [6.07, 6.45) is 7.11. The maximum Gasteiger partial charge on any atom is 0.314 e. The summed E-state index contributed by atoms with van der Waals surface area (Å²) in [5.74, 6) is 0.983. The number of imidazole rings is 1. The van der Waals surface area contributed by atoms with Crippen LogP contribution in [0.2, 0.25) is 0 Å². The summed E-state index contributed by atoms with van der Waals surface area (Å²) in [5, 5.41) is 0. The van der Waals surface area contributed by atoms with Gasteiger partial charge < -0.3 is 15.6 Å². The Morgan fingerprint density at radius 1 is 1.17 bits per heavy atom. The Labute approximate surface area is 176 Å². The third-order valence-electron chi connectivity index (χ3n) is 6.58. The average Bonchev–Trinajstić information content (AvgIpc) is 3.20. The molecule has 2 aromatic heterocycles. The standard InChI is InChI=1S/C23H28N6O/c24-23(30)28-13-10-17(11-14-28)29(15-21-26-18-7-1-2-8-19(18)27-21)20-9-3-5-16-6-4-12-25-22(16)20/h1-2,4,6-8,12,17,20H,3,5,9-11,13-15H2,(H2,24,30)(H,26,27). The Bertz CT molecular complexity index is 1010. The first-order chi connectivity index (χ1) is 14.7. The number of hydrogen-bond donors (Lipinski definition) is 2. The van der Waals surface area contributed by atoms with Crippen molar-refractivity contribution in [2.24, 2.45) is 5.73 Å². The van der Waals surface area contributed by atoms with Crippen LogP contribution in [-0.4, -0.2) is 49.9 Å². The monoisotopic (exact) mass is 404 g/mol. The first-order valence-corrected chi connectivity index (χ1v) is 10.9. The molecule has 1 unspecified atom stereocenters. The van der Waals surface area contributed by atoms with E-state index in [9.17, 15) is 4.79 Å². The van der Waals surface area contributed by atoms with Crippen LogP contribution in [-0.2, 0) is 13.0 Å². The zero-order valence-electron chi connectivity index (χ0n) is 17.1. The number of hydrogen-bond acceptors (Lipinski definition) is 4. The van der Waals surface area contributed by atoms with Gasteiger partial charge in [0.05, 0.1) is 29.3 Å². The Morgan fingerprint density at radius 3 is 2.80 bits per heavy atom. The molecule has 1 aromatic carbocycles. The van der Waals surface area contributed by atoms with E-state index in [1.54, 1.807) is 4.90 Å². The van der Waals surface area contributed by atoms with Gasteiger partial charge in [-0.1, -0.05) is 18.2 Å². The molecule has 3 aromatic rings. The number of nitrogens with two attached hydrogens (primary N) is 1. The number of para-hydroxylation sites is 2. The Kier molecular flexibility index (Phi) is 5.12. The van der Waals surface area contributed by atoms with E-state index in [1.165, 1.54) is 17.7 Å². The lowest BCUT2D eigenvalue weighted by molar-refractivity contribution is 0.0635. The fraction of sp³-hybridized carbons (Fsp3) is 0.435. The number of urea groups is 1. The maximum atomic E-state index is 11.6. The highest BCUT2D eigenvalue weighted by molar-refractivity contribution is 5.74. The second-order valence-electron chi connectivity index (χ2n) is 8.39. The lowest BCUT2D eigenvalue weighted by atomic mass is 9.88. The van der Waals surface area contributed by atoms with Crippen molar-refractivity contribution in [1.82, 2.24) is 24.8 Å². The lowest BCUT2D eigenvalue weighted by Gasteiger charge is -2.43. The summed E-state index contributed by atoms with van der Waals surface area (Å²) < 4.78 is 0. The van der Waals surface area contributed by atoms with Crippen LogP contribution < -0.4 is 5.73 Å². The number of benzene rings is 1. The number of aryl methyl sites for hydroxylation is 1. The van der Waals surface area contributed by atoms with Crippen molar-refractivity contribution >= 4 is 17.1 Å². The molecule has 7 nitrogen and oxygen atoms in total. The fourth-order valence-electron chi connectivity index (χ4n) is 5.07. The van der Waals surface area contributed by atoms with E-state index in [2.05, 4.69) is 22.0 Å². The second-order valence-corrected chi connectivity index (χ2v) is 8.39. The molecule has 3 heterocycles. The van der Waals surface area contributed by atoms with Gasteiger partial charge in [0.15, 0.2) is 0 Å². The minimum absolute atomic E-state index is 0.272. The number of piperidine rings is 1. The summed E-state index contributed by atoms with van der Waals surface area (Å²) in [7, 11) is 0. The van der Waals surface area contributed by atoms with Crippen molar-refractivity contribution in [3.05, 3.63) is 59.7 Å². The summed E-state index contributed by atoms with van der Waals surface area (Å²) in [6.45, 7) is 2.16. The summed E-state index contributed by atoms with van der Waals surface area (Å²) >= 11 is 0. The van der Waals surface area contributed by atoms with E-state index in [0.29, 0.717) is 19.1 Å². The Balaban J connectivity index is 1.46. The van der Waals surface area contributed by atoms with E-state index in [1.807, 2.05) is 30.5 Å². The molecule has 0 bridgehead atoms. The van der Waals surface area contributed by atoms with Crippen molar-refractivity contribution < 1.29 is 4.79 Å². The number of aromatic amines is 1. The van der Waals surface area contributed by atoms with Gasteiger partial charge in [0.1, 0.15) is 5.82 Å². The van der Waals surface area contributed by atoms with Crippen LogP contribution in [0.1, 0.15) is 48.8 Å². The molecule has 1 saturated heterocycles. The zero-order chi connectivity index (χ0) is 20.5. The van der Waals surface area contributed by atoms with Gasteiger partial charge in [-0.3, -0.25) is 9.88 Å². The highest BCUT2D eigenvalue weighted by Crippen LogP contribution is 2.37. The van der Waals surface area contributed by atoms with Crippen LogP contribution in [0.4, 0.5) is 4.79 Å². The van der Waals surface area contributed by atoms with Crippen molar-refractivity contribution in [3.8, 4) is 0 Å². The molecule has 1 atom stereocenters. The summed E-state index contributed by atoms with van der Waals surface area (Å²) in [6, 6.07) is 12.7. The van der Waals surface area contributed by atoms with E-state index < -0.39 is 0 Å². The molecular formula is C23H28N6O. The topological polar surface area (TPSA) is 91.1 Å². The van der Waals surface area contributed by atoms with E-state index in [4.69, 9.17) is 15.7 Å². The van der Waals surface area contributed by atoms with Crippen molar-refractivity contribution in [2.75, 3.05) is 13.1 Å². The van der Waals surface area contributed by atoms with Crippen LogP contribution in [0.3, 0.4) is 0 Å². The number of pyridine rings is 1. The van der Waals surface area contributed by atoms with Crippen LogP contribution >= 0.6 is 0 Å². The third-order valence-corrected chi connectivity index (χ3v) is 6.58. The van der Waals surface area contributed by atoms with Gasteiger partial charge >= 0.3 is 6.03 Å². The van der Waals surface area contributed by atoms with E-state index in [0.717, 1.165) is 49.1 Å². The summed E-state index contributed by atoms with van der Waals surface area (Å²) in [5.41, 5.74) is 10.1. The normalized spacial score (nSPS) is 19.9.